The normalized spacial score (nSPS) is 23.0. The van der Waals surface area contributed by atoms with E-state index in [0.717, 1.165) is 25.3 Å². The lowest BCUT2D eigenvalue weighted by molar-refractivity contribution is 0.0915. The summed E-state index contributed by atoms with van der Waals surface area (Å²) >= 11 is 0. The van der Waals surface area contributed by atoms with E-state index in [1.807, 2.05) is 0 Å². The first-order valence-corrected chi connectivity index (χ1v) is 6.08. The lowest BCUT2D eigenvalue weighted by Gasteiger charge is -2.19. The van der Waals surface area contributed by atoms with E-state index in [4.69, 9.17) is 5.73 Å². The first-order valence-electron chi connectivity index (χ1n) is 6.08. The van der Waals surface area contributed by atoms with Crippen LogP contribution in [0.4, 0.5) is 10.1 Å². The summed E-state index contributed by atoms with van der Waals surface area (Å²) in [6.45, 7) is 0.0705. The van der Waals surface area contributed by atoms with E-state index >= 15 is 0 Å². The topological polar surface area (TPSA) is 75.4 Å². The van der Waals surface area contributed by atoms with Gasteiger partial charge < -0.3 is 16.2 Å². The van der Waals surface area contributed by atoms with Gasteiger partial charge in [0.1, 0.15) is 5.82 Å². The Morgan fingerprint density at radius 1 is 1.50 bits per heavy atom. The number of aliphatic hydroxyl groups is 1. The molecule has 1 aliphatic rings. The zero-order valence-electron chi connectivity index (χ0n) is 10.0. The van der Waals surface area contributed by atoms with E-state index in [-0.39, 0.29) is 35.7 Å². The summed E-state index contributed by atoms with van der Waals surface area (Å²) in [4.78, 5) is 11.9. The largest absolute Gasteiger partial charge is 0.396 e. The second-order valence-corrected chi connectivity index (χ2v) is 4.69. The quantitative estimate of drug-likeness (QED) is 0.710. The highest BCUT2D eigenvalue weighted by molar-refractivity contribution is 5.94. The smallest absolute Gasteiger partial charge is 0.251 e. The molecule has 1 aliphatic carbocycles. The van der Waals surface area contributed by atoms with Gasteiger partial charge in [0, 0.05) is 24.1 Å². The lowest BCUT2D eigenvalue weighted by atomic mass is 10.0. The SMILES string of the molecule is Nc1ccc(C(=O)NC2CCCC2CO)cc1F. The summed E-state index contributed by atoms with van der Waals surface area (Å²) < 4.78 is 13.3. The molecule has 5 heteroatoms. The van der Waals surface area contributed by atoms with Crippen LogP contribution in [0.2, 0.25) is 0 Å². The summed E-state index contributed by atoms with van der Waals surface area (Å²) in [5.41, 5.74) is 5.64. The Bertz CT molecular complexity index is 451. The van der Waals surface area contributed by atoms with Crippen LogP contribution in [-0.4, -0.2) is 23.7 Å². The van der Waals surface area contributed by atoms with Crippen molar-refractivity contribution in [2.24, 2.45) is 5.92 Å². The Hall–Kier alpha value is -1.62. The molecule has 0 radical (unpaired) electrons. The second kappa shape index (κ2) is 5.35. The molecule has 4 N–H and O–H groups in total. The predicted octanol–water partition coefficient (Wildman–Crippen LogP) is 1.30. The average molecular weight is 252 g/mol. The number of hydrogen-bond acceptors (Lipinski definition) is 3. The van der Waals surface area contributed by atoms with Gasteiger partial charge in [0.25, 0.3) is 5.91 Å². The molecule has 0 heterocycles. The fourth-order valence-corrected chi connectivity index (χ4v) is 2.37. The maximum atomic E-state index is 13.3. The van der Waals surface area contributed by atoms with Crippen LogP contribution in [-0.2, 0) is 0 Å². The fourth-order valence-electron chi connectivity index (χ4n) is 2.37. The van der Waals surface area contributed by atoms with Crippen molar-refractivity contribution < 1.29 is 14.3 Å². The van der Waals surface area contributed by atoms with Crippen molar-refractivity contribution in [2.45, 2.75) is 25.3 Å². The van der Waals surface area contributed by atoms with Crippen LogP contribution in [0.25, 0.3) is 0 Å². The Balaban J connectivity index is 2.05. The van der Waals surface area contributed by atoms with E-state index in [2.05, 4.69) is 5.32 Å². The number of halogens is 1. The molecule has 0 aromatic heterocycles. The van der Waals surface area contributed by atoms with Gasteiger partial charge in [-0.2, -0.15) is 0 Å². The van der Waals surface area contributed by atoms with Gasteiger partial charge in [-0.05, 0) is 31.0 Å². The van der Waals surface area contributed by atoms with Crippen molar-refractivity contribution in [3.05, 3.63) is 29.6 Å². The van der Waals surface area contributed by atoms with Gasteiger partial charge in [0.15, 0.2) is 0 Å². The summed E-state index contributed by atoms with van der Waals surface area (Å²) in [5.74, 6) is -0.806. The molecule has 0 spiro atoms. The van der Waals surface area contributed by atoms with Gasteiger partial charge in [-0.1, -0.05) is 6.42 Å². The average Bonchev–Trinajstić information content (AvgIpc) is 2.79. The van der Waals surface area contributed by atoms with Gasteiger partial charge in [-0.25, -0.2) is 4.39 Å². The zero-order chi connectivity index (χ0) is 13.1. The third-order valence-corrected chi connectivity index (χ3v) is 3.47. The minimum absolute atomic E-state index is 0.0249. The standard InChI is InChI=1S/C13H17FN2O2/c14-10-6-8(4-5-11(10)15)13(18)16-12-3-1-2-9(12)7-17/h4-6,9,12,17H,1-3,7,15H2,(H,16,18). The molecule has 2 rings (SSSR count). The first-order chi connectivity index (χ1) is 8.61. The molecule has 18 heavy (non-hydrogen) atoms. The van der Waals surface area contributed by atoms with E-state index < -0.39 is 5.82 Å². The molecule has 4 nitrogen and oxygen atoms in total. The highest BCUT2D eigenvalue weighted by atomic mass is 19.1. The minimum atomic E-state index is -0.590. The number of aliphatic hydroxyl groups excluding tert-OH is 1. The van der Waals surface area contributed by atoms with Gasteiger partial charge >= 0.3 is 0 Å². The van der Waals surface area contributed by atoms with Crippen molar-refractivity contribution in [1.29, 1.82) is 0 Å². The van der Waals surface area contributed by atoms with Crippen LogP contribution in [0, 0.1) is 11.7 Å². The Labute approximate surface area is 105 Å². The summed E-state index contributed by atoms with van der Waals surface area (Å²) in [7, 11) is 0. The number of carbonyl (C=O) groups is 1. The zero-order valence-corrected chi connectivity index (χ0v) is 10.0. The van der Waals surface area contributed by atoms with Gasteiger partial charge in [-0.3, -0.25) is 4.79 Å². The minimum Gasteiger partial charge on any atom is -0.396 e. The lowest BCUT2D eigenvalue weighted by Crippen LogP contribution is -2.38. The van der Waals surface area contributed by atoms with Crippen LogP contribution in [0.3, 0.4) is 0 Å². The van der Waals surface area contributed by atoms with E-state index in [1.54, 1.807) is 0 Å². The predicted molar refractivity (Wildman–Crippen MR) is 66.5 cm³/mol. The van der Waals surface area contributed by atoms with Gasteiger partial charge in [0.05, 0.1) is 5.69 Å². The van der Waals surface area contributed by atoms with Crippen molar-refractivity contribution >= 4 is 11.6 Å². The van der Waals surface area contributed by atoms with Crippen molar-refractivity contribution in [2.75, 3.05) is 12.3 Å². The van der Waals surface area contributed by atoms with Gasteiger partial charge in [-0.15, -0.1) is 0 Å². The molecule has 1 saturated carbocycles. The third kappa shape index (κ3) is 2.61. The molecule has 0 aliphatic heterocycles. The van der Waals surface area contributed by atoms with Crippen LogP contribution >= 0.6 is 0 Å². The Kier molecular flexibility index (Phi) is 3.81. The summed E-state index contributed by atoms with van der Waals surface area (Å²) in [6.07, 6.45) is 2.76. The summed E-state index contributed by atoms with van der Waals surface area (Å²) in [5, 5.41) is 12.0. The Morgan fingerprint density at radius 3 is 2.94 bits per heavy atom. The number of nitrogens with two attached hydrogens (primary N) is 1. The fraction of sp³-hybridized carbons (Fsp3) is 0.462. The van der Waals surface area contributed by atoms with Crippen molar-refractivity contribution in [3.8, 4) is 0 Å². The molecule has 2 atom stereocenters. The molecular formula is C13H17FN2O2. The van der Waals surface area contributed by atoms with Gasteiger partial charge in [0.2, 0.25) is 0 Å². The van der Waals surface area contributed by atoms with Crippen molar-refractivity contribution in [3.63, 3.8) is 0 Å². The Morgan fingerprint density at radius 2 is 2.28 bits per heavy atom. The molecule has 1 amide bonds. The monoisotopic (exact) mass is 252 g/mol. The summed E-state index contributed by atoms with van der Waals surface area (Å²) in [6, 6.07) is 3.98. The molecule has 0 bridgehead atoms. The van der Waals surface area contributed by atoms with E-state index in [9.17, 15) is 14.3 Å². The molecular weight excluding hydrogens is 235 g/mol. The van der Waals surface area contributed by atoms with Crippen LogP contribution in [0.5, 0.6) is 0 Å². The maximum absolute atomic E-state index is 13.3. The van der Waals surface area contributed by atoms with Crippen molar-refractivity contribution in [1.82, 2.24) is 5.32 Å². The highest BCUT2D eigenvalue weighted by Crippen LogP contribution is 2.25. The van der Waals surface area contributed by atoms with E-state index in [0.29, 0.717) is 0 Å². The third-order valence-electron chi connectivity index (χ3n) is 3.47. The number of nitrogen functional groups attached to an aromatic ring is 1. The molecule has 1 aromatic rings. The molecule has 0 saturated heterocycles. The van der Waals surface area contributed by atoms with Crippen LogP contribution in [0.15, 0.2) is 18.2 Å². The first kappa shape index (κ1) is 12.8. The molecule has 2 unspecified atom stereocenters. The van der Waals surface area contributed by atoms with Crippen LogP contribution < -0.4 is 11.1 Å². The number of amides is 1. The highest BCUT2D eigenvalue weighted by Gasteiger charge is 2.28. The van der Waals surface area contributed by atoms with Crippen LogP contribution in [0.1, 0.15) is 29.6 Å². The maximum Gasteiger partial charge on any atom is 0.251 e. The molecule has 1 aromatic carbocycles. The number of anilines is 1. The number of benzene rings is 1. The van der Waals surface area contributed by atoms with E-state index in [1.165, 1.54) is 12.1 Å². The number of nitrogens with one attached hydrogen (secondary N) is 1. The number of hydrogen-bond donors (Lipinski definition) is 3. The molecule has 1 fully saturated rings. The number of rotatable bonds is 3. The molecule has 98 valence electrons. The number of carbonyl (C=O) groups excluding carboxylic acids is 1. The second-order valence-electron chi connectivity index (χ2n) is 4.69.